The van der Waals surface area contributed by atoms with Gasteiger partial charge in [-0.05, 0) is 37.5 Å². The number of ether oxygens (including phenoxy) is 2. The number of hydrogen-bond acceptors (Lipinski definition) is 6. The maximum Gasteiger partial charge on any atom is 0.313 e. The lowest BCUT2D eigenvalue weighted by molar-refractivity contribution is 0.264. The standard InChI is InChI=1S/C14H13FN4O2.C8H16O.C6H14/c1-4-5-11(8(2)15)21-12-6-10-7-17-9(3)18-13(10)19(16)14(12)20;1-5-9-7-6-8(2,3)4;1-3-5-6-4-2/h4-7H,1-2,16H2,3H3;6-7H,5H2,1-4H3;3-6H2,1-2H3/b11-5+;7-6+;. The normalized spacial score (nSPS) is 11.3. The van der Waals surface area contributed by atoms with Crippen LogP contribution in [0.5, 0.6) is 5.75 Å². The molecule has 2 aromatic heterocycles. The Morgan fingerprint density at radius 2 is 1.83 bits per heavy atom. The minimum absolute atomic E-state index is 0.163. The van der Waals surface area contributed by atoms with Gasteiger partial charge in [0.15, 0.2) is 23.0 Å². The molecule has 200 valence electrons. The monoisotopic (exact) mass is 502 g/mol. The number of pyridine rings is 1. The predicted octanol–water partition coefficient (Wildman–Crippen LogP) is 6.91. The van der Waals surface area contributed by atoms with Gasteiger partial charge in [-0.1, -0.05) is 79.5 Å². The van der Waals surface area contributed by atoms with Crippen molar-refractivity contribution in [1.82, 2.24) is 14.6 Å². The number of unbranched alkanes of at least 4 members (excludes halogenated alkanes) is 3. The highest BCUT2D eigenvalue weighted by Crippen LogP contribution is 2.19. The fourth-order valence-electron chi connectivity index (χ4n) is 2.51. The third kappa shape index (κ3) is 12.9. The second-order valence-electron chi connectivity index (χ2n) is 8.98. The highest BCUT2D eigenvalue weighted by atomic mass is 19.1. The maximum absolute atomic E-state index is 13.2. The van der Waals surface area contributed by atoms with Crippen LogP contribution < -0.4 is 16.1 Å². The van der Waals surface area contributed by atoms with Gasteiger partial charge in [0.1, 0.15) is 5.82 Å². The van der Waals surface area contributed by atoms with Crippen molar-refractivity contribution in [3.8, 4) is 5.75 Å². The molecule has 36 heavy (non-hydrogen) atoms. The number of nitrogens with zero attached hydrogens (tertiary/aromatic N) is 3. The van der Waals surface area contributed by atoms with E-state index >= 15 is 0 Å². The molecule has 0 aliphatic heterocycles. The highest BCUT2D eigenvalue weighted by Gasteiger charge is 2.13. The van der Waals surface area contributed by atoms with E-state index in [9.17, 15) is 9.18 Å². The number of halogens is 1. The Hall–Kier alpha value is -3.42. The molecule has 0 fully saturated rings. The molecule has 0 spiro atoms. The maximum atomic E-state index is 13.2. The van der Waals surface area contributed by atoms with Crippen molar-refractivity contribution in [2.24, 2.45) is 5.41 Å². The number of aryl methyl sites for hydroxylation is 1. The number of nitrogens with two attached hydrogens (primary N) is 1. The molecule has 0 amide bonds. The van der Waals surface area contributed by atoms with Gasteiger partial charge in [0.05, 0.1) is 12.9 Å². The van der Waals surface area contributed by atoms with Gasteiger partial charge in [-0.25, -0.2) is 19.0 Å². The van der Waals surface area contributed by atoms with Crippen molar-refractivity contribution in [3.05, 3.63) is 77.7 Å². The molecular formula is C28H43FN4O3. The Morgan fingerprint density at radius 1 is 1.22 bits per heavy atom. The quantitative estimate of drug-likeness (QED) is 0.173. The Kier molecular flexibility index (Phi) is 15.5. The molecular weight excluding hydrogens is 459 g/mol. The van der Waals surface area contributed by atoms with Crippen LogP contribution in [0.1, 0.15) is 73.1 Å². The molecule has 7 nitrogen and oxygen atoms in total. The van der Waals surface area contributed by atoms with Gasteiger partial charge in [-0.15, -0.1) is 0 Å². The summed E-state index contributed by atoms with van der Waals surface area (Å²) < 4.78 is 24.3. The van der Waals surface area contributed by atoms with Crippen LogP contribution in [0, 0.1) is 12.3 Å². The van der Waals surface area contributed by atoms with E-state index in [-0.39, 0.29) is 22.6 Å². The molecule has 0 saturated heterocycles. The number of nitrogen functional groups attached to an aromatic ring is 1. The smallest absolute Gasteiger partial charge is 0.313 e. The van der Waals surface area contributed by atoms with Crippen LogP contribution >= 0.6 is 0 Å². The molecule has 0 aromatic carbocycles. The lowest BCUT2D eigenvalue weighted by Gasteiger charge is -2.10. The van der Waals surface area contributed by atoms with Gasteiger partial charge in [0, 0.05) is 11.6 Å². The minimum atomic E-state index is -0.835. The predicted molar refractivity (Wildman–Crippen MR) is 148 cm³/mol. The average molecular weight is 503 g/mol. The topological polar surface area (TPSA) is 92.3 Å². The zero-order valence-electron chi connectivity index (χ0n) is 22.9. The molecule has 8 heteroatoms. The third-order valence-corrected chi connectivity index (χ3v) is 4.41. The number of aromatic nitrogens is 3. The number of allylic oxidation sites excluding steroid dienone is 4. The Labute approximate surface area is 215 Å². The lowest BCUT2D eigenvalue weighted by Crippen LogP contribution is -2.29. The van der Waals surface area contributed by atoms with Crippen molar-refractivity contribution in [1.29, 1.82) is 0 Å². The molecule has 0 radical (unpaired) electrons. The van der Waals surface area contributed by atoms with Crippen LogP contribution in [0.25, 0.3) is 11.0 Å². The molecule has 0 saturated carbocycles. The summed E-state index contributed by atoms with van der Waals surface area (Å²) in [5.41, 5.74) is -0.153. The summed E-state index contributed by atoms with van der Waals surface area (Å²) in [6, 6.07) is 1.39. The van der Waals surface area contributed by atoms with Crippen molar-refractivity contribution in [2.75, 3.05) is 12.4 Å². The Balaban J connectivity index is 0.000000675. The fourth-order valence-corrected chi connectivity index (χ4v) is 2.51. The van der Waals surface area contributed by atoms with Gasteiger partial charge < -0.3 is 15.3 Å². The van der Waals surface area contributed by atoms with E-state index in [2.05, 4.69) is 63.8 Å². The molecule has 0 aliphatic carbocycles. The molecule has 0 unspecified atom stereocenters. The molecule has 2 aromatic rings. The first kappa shape index (κ1) is 32.6. The summed E-state index contributed by atoms with van der Waals surface area (Å²) in [4.78, 5) is 20.2. The van der Waals surface area contributed by atoms with Gasteiger partial charge in [0.25, 0.3) is 0 Å². The van der Waals surface area contributed by atoms with E-state index in [1.165, 1.54) is 50.1 Å². The zero-order valence-corrected chi connectivity index (χ0v) is 22.9. The zero-order chi connectivity index (χ0) is 27.7. The molecule has 0 bridgehead atoms. The van der Waals surface area contributed by atoms with E-state index in [1.54, 1.807) is 13.2 Å². The summed E-state index contributed by atoms with van der Waals surface area (Å²) in [7, 11) is 0. The van der Waals surface area contributed by atoms with Crippen LogP contribution in [-0.2, 0) is 4.74 Å². The second kappa shape index (κ2) is 17.1. The van der Waals surface area contributed by atoms with E-state index < -0.39 is 11.4 Å². The largest absolute Gasteiger partial charge is 0.502 e. The third-order valence-electron chi connectivity index (χ3n) is 4.41. The highest BCUT2D eigenvalue weighted by molar-refractivity contribution is 5.75. The summed E-state index contributed by atoms with van der Waals surface area (Å²) in [5, 5.41) is 0.486. The van der Waals surface area contributed by atoms with Crippen molar-refractivity contribution < 1.29 is 13.9 Å². The number of rotatable bonds is 9. The van der Waals surface area contributed by atoms with Crippen LogP contribution in [0.4, 0.5) is 4.39 Å². The van der Waals surface area contributed by atoms with Crippen molar-refractivity contribution in [2.45, 2.75) is 74.1 Å². The number of hydrogen-bond donors (Lipinski definition) is 1. The summed E-state index contributed by atoms with van der Waals surface area (Å²) >= 11 is 0. The first-order valence-corrected chi connectivity index (χ1v) is 12.2. The van der Waals surface area contributed by atoms with Gasteiger partial charge in [-0.3, -0.25) is 4.79 Å². The van der Waals surface area contributed by atoms with E-state index in [1.807, 2.05) is 6.92 Å². The van der Waals surface area contributed by atoms with Crippen LogP contribution in [0.15, 0.2) is 66.3 Å². The molecule has 2 N–H and O–H groups in total. The van der Waals surface area contributed by atoms with Crippen LogP contribution in [0.3, 0.4) is 0 Å². The fraction of sp³-hybridized carbons (Fsp3) is 0.464. The molecule has 0 atom stereocenters. The number of fused-ring (bicyclic) bond motifs is 1. The van der Waals surface area contributed by atoms with Crippen LogP contribution in [0.2, 0.25) is 0 Å². The SMILES string of the molecule is C=C/C=C(/Oc1cc2cnc(C)nc2n(N)c1=O)C(=C)F.CCCCCC.CCO/C=C/C(C)(C)C. The van der Waals surface area contributed by atoms with Gasteiger partial charge >= 0.3 is 5.56 Å². The molecule has 2 heterocycles. The molecule has 2 rings (SSSR count). The molecule has 0 aliphatic rings. The second-order valence-corrected chi connectivity index (χ2v) is 8.98. The van der Waals surface area contributed by atoms with Crippen molar-refractivity contribution in [3.63, 3.8) is 0 Å². The van der Waals surface area contributed by atoms with E-state index in [4.69, 9.17) is 15.3 Å². The first-order valence-electron chi connectivity index (χ1n) is 12.2. The Bertz CT molecular complexity index is 1080. The van der Waals surface area contributed by atoms with Gasteiger partial charge in [-0.2, -0.15) is 0 Å². The summed E-state index contributed by atoms with van der Waals surface area (Å²) in [6.07, 6.45) is 13.4. The van der Waals surface area contributed by atoms with E-state index in [0.717, 1.165) is 11.3 Å². The van der Waals surface area contributed by atoms with Crippen molar-refractivity contribution >= 4 is 11.0 Å². The summed E-state index contributed by atoms with van der Waals surface area (Å²) in [5.74, 6) is 4.94. The van der Waals surface area contributed by atoms with Gasteiger partial charge in [0.2, 0.25) is 0 Å². The average Bonchev–Trinajstić information content (AvgIpc) is 2.81. The summed E-state index contributed by atoms with van der Waals surface area (Å²) in [6.45, 7) is 21.9. The minimum Gasteiger partial charge on any atom is -0.502 e. The Morgan fingerprint density at radius 3 is 2.31 bits per heavy atom. The van der Waals surface area contributed by atoms with E-state index in [0.29, 0.717) is 11.2 Å². The van der Waals surface area contributed by atoms with Crippen LogP contribution in [-0.4, -0.2) is 21.3 Å². The first-order chi connectivity index (χ1) is 16.9. The lowest BCUT2D eigenvalue weighted by atomic mass is 9.97.